The summed E-state index contributed by atoms with van der Waals surface area (Å²) in [7, 11) is 0. The zero-order valence-electron chi connectivity index (χ0n) is 12.9. The van der Waals surface area contributed by atoms with Crippen LogP contribution in [0.15, 0.2) is 47.4 Å². The molecule has 0 aliphatic carbocycles. The number of anilines is 1. The summed E-state index contributed by atoms with van der Waals surface area (Å²) < 4.78 is 0. The molecule has 0 unspecified atom stereocenters. The Morgan fingerprint density at radius 2 is 1.62 bits per heavy atom. The van der Waals surface area contributed by atoms with Gasteiger partial charge in [-0.2, -0.15) is 0 Å². The molecule has 2 nitrogen and oxygen atoms in total. The summed E-state index contributed by atoms with van der Waals surface area (Å²) in [6.07, 6.45) is 0. The summed E-state index contributed by atoms with van der Waals surface area (Å²) in [6.45, 7) is 8.07. The Balaban J connectivity index is 2.08. The third-order valence-corrected chi connectivity index (χ3v) is 4.46. The number of amides is 1. The quantitative estimate of drug-likeness (QED) is 0.827. The Morgan fingerprint density at radius 1 is 1.05 bits per heavy atom. The van der Waals surface area contributed by atoms with Crippen molar-refractivity contribution in [3.05, 3.63) is 59.2 Å². The van der Waals surface area contributed by atoms with E-state index in [1.807, 2.05) is 51.1 Å². The minimum absolute atomic E-state index is 0.0407. The minimum atomic E-state index is -0.132. The number of carbonyl (C=O) groups excluding carboxylic acids is 1. The van der Waals surface area contributed by atoms with Gasteiger partial charge in [-0.25, -0.2) is 0 Å². The third kappa shape index (κ3) is 4.11. The molecule has 1 N–H and O–H groups in total. The van der Waals surface area contributed by atoms with Gasteiger partial charge < -0.3 is 5.32 Å². The van der Waals surface area contributed by atoms with Crippen LogP contribution >= 0.6 is 11.8 Å². The predicted molar refractivity (Wildman–Crippen MR) is 91.0 cm³/mol. The first-order valence-electron chi connectivity index (χ1n) is 7.08. The van der Waals surface area contributed by atoms with E-state index in [2.05, 4.69) is 24.4 Å². The van der Waals surface area contributed by atoms with E-state index in [9.17, 15) is 4.79 Å². The van der Waals surface area contributed by atoms with Crippen LogP contribution in [0.4, 0.5) is 5.69 Å². The molecule has 0 heterocycles. The normalized spacial score (nSPS) is 12.0. The average molecular weight is 299 g/mol. The van der Waals surface area contributed by atoms with Gasteiger partial charge in [0.25, 0.3) is 0 Å². The third-order valence-electron chi connectivity index (χ3n) is 3.35. The number of hydrogen-bond acceptors (Lipinski definition) is 2. The van der Waals surface area contributed by atoms with Gasteiger partial charge in [0.2, 0.25) is 5.91 Å². The fraction of sp³-hybridized carbons (Fsp3) is 0.278. The van der Waals surface area contributed by atoms with Gasteiger partial charge in [-0.1, -0.05) is 35.9 Å². The largest absolute Gasteiger partial charge is 0.325 e. The summed E-state index contributed by atoms with van der Waals surface area (Å²) in [5.74, 6) is 0.0407. The first-order valence-corrected chi connectivity index (χ1v) is 7.96. The maximum Gasteiger partial charge on any atom is 0.237 e. The Morgan fingerprint density at radius 3 is 2.19 bits per heavy atom. The van der Waals surface area contributed by atoms with Crippen molar-refractivity contribution in [1.82, 2.24) is 0 Å². The highest BCUT2D eigenvalue weighted by atomic mass is 32.2. The minimum Gasteiger partial charge on any atom is -0.325 e. The van der Waals surface area contributed by atoms with Crippen LogP contribution < -0.4 is 5.32 Å². The van der Waals surface area contributed by atoms with E-state index in [1.54, 1.807) is 11.8 Å². The number of benzene rings is 2. The lowest BCUT2D eigenvalue weighted by Gasteiger charge is -2.16. The van der Waals surface area contributed by atoms with Crippen molar-refractivity contribution in [2.45, 2.75) is 37.8 Å². The zero-order valence-corrected chi connectivity index (χ0v) is 13.8. The molecule has 21 heavy (non-hydrogen) atoms. The molecule has 2 aromatic carbocycles. The highest BCUT2D eigenvalue weighted by molar-refractivity contribution is 8.00. The molecule has 0 radical (unpaired) electrons. The molecule has 3 heteroatoms. The molecule has 0 aliphatic rings. The number of thioether (sulfide) groups is 1. The number of aryl methyl sites for hydroxylation is 3. The lowest BCUT2D eigenvalue weighted by atomic mass is 10.1. The second-order valence-electron chi connectivity index (χ2n) is 5.34. The molecule has 110 valence electrons. The molecule has 0 fully saturated rings. The van der Waals surface area contributed by atoms with Gasteiger partial charge in [-0.15, -0.1) is 11.8 Å². The fourth-order valence-corrected chi connectivity index (χ4v) is 3.25. The Kier molecular flexibility index (Phi) is 5.07. The van der Waals surface area contributed by atoms with Crippen molar-refractivity contribution in [3.63, 3.8) is 0 Å². The molecule has 0 aromatic heterocycles. The molecule has 0 bridgehead atoms. The maximum absolute atomic E-state index is 12.4. The molecule has 2 rings (SSSR count). The molecule has 2 aromatic rings. The van der Waals surface area contributed by atoms with Crippen LogP contribution in [0.5, 0.6) is 0 Å². The molecule has 0 spiro atoms. The molecule has 1 atom stereocenters. The highest BCUT2D eigenvalue weighted by Crippen LogP contribution is 2.26. The van der Waals surface area contributed by atoms with Gasteiger partial charge in [-0.3, -0.25) is 4.79 Å². The average Bonchev–Trinajstić information content (AvgIpc) is 2.43. The summed E-state index contributed by atoms with van der Waals surface area (Å²) in [5.41, 5.74) is 4.37. The summed E-state index contributed by atoms with van der Waals surface area (Å²) in [5, 5.41) is 2.93. The van der Waals surface area contributed by atoms with Gasteiger partial charge in [0, 0.05) is 10.6 Å². The van der Waals surface area contributed by atoms with Crippen molar-refractivity contribution in [3.8, 4) is 0 Å². The summed E-state index contributed by atoms with van der Waals surface area (Å²) >= 11 is 1.57. The van der Waals surface area contributed by atoms with Crippen molar-refractivity contribution in [2.75, 3.05) is 5.32 Å². The monoisotopic (exact) mass is 299 g/mol. The van der Waals surface area contributed by atoms with Crippen molar-refractivity contribution in [2.24, 2.45) is 0 Å². The summed E-state index contributed by atoms with van der Waals surface area (Å²) in [6, 6.07) is 14.2. The summed E-state index contributed by atoms with van der Waals surface area (Å²) in [4.78, 5) is 13.5. The Hall–Kier alpha value is -1.74. The predicted octanol–water partition coefficient (Wildman–Crippen LogP) is 4.73. The van der Waals surface area contributed by atoms with E-state index in [1.165, 1.54) is 5.56 Å². The van der Waals surface area contributed by atoms with Crippen LogP contribution in [0.1, 0.15) is 23.6 Å². The zero-order chi connectivity index (χ0) is 15.4. The molecule has 0 aliphatic heterocycles. The van der Waals surface area contributed by atoms with Crippen LogP contribution in [-0.4, -0.2) is 11.2 Å². The van der Waals surface area contributed by atoms with Crippen molar-refractivity contribution >= 4 is 23.4 Å². The van der Waals surface area contributed by atoms with E-state index in [4.69, 9.17) is 0 Å². The SMILES string of the molecule is Cc1cc(C)c(NC(=O)[C@H](C)Sc2ccccc2)c(C)c1. The maximum atomic E-state index is 12.4. The second kappa shape index (κ2) is 6.81. The van der Waals surface area contributed by atoms with Crippen molar-refractivity contribution in [1.29, 1.82) is 0 Å². The van der Waals surface area contributed by atoms with Gasteiger partial charge >= 0.3 is 0 Å². The number of hydrogen-bond donors (Lipinski definition) is 1. The van der Waals surface area contributed by atoms with E-state index in [-0.39, 0.29) is 11.2 Å². The molecule has 1 amide bonds. The number of carbonyl (C=O) groups is 1. The standard InChI is InChI=1S/C18H21NOS/c1-12-10-13(2)17(14(3)11-12)19-18(20)15(4)21-16-8-6-5-7-9-16/h5-11,15H,1-4H3,(H,19,20)/t15-/m0/s1. The fourth-order valence-electron chi connectivity index (χ4n) is 2.36. The lowest BCUT2D eigenvalue weighted by Crippen LogP contribution is -2.23. The first kappa shape index (κ1) is 15.6. The van der Waals surface area contributed by atoms with E-state index in [0.29, 0.717) is 0 Å². The Labute approximate surface area is 131 Å². The van der Waals surface area contributed by atoms with Crippen LogP contribution in [0, 0.1) is 20.8 Å². The van der Waals surface area contributed by atoms with E-state index < -0.39 is 0 Å². The lowest BCUT2D eigenvalue weighted by molar-refractivity contribution is -0.115. The van der Waals surface area contributed by atoms with Crippen LogP contribution in [0.3, 0.4) is 0 Å². The molecule has 0 saturated heterocycles. The molecular weight excluding hydrogens is 278 g/mol. The van der Waals surface area contributed by atoms with Crippen LogP contribution in [0.25, 0.3) is 0 Å². The first-order chi connectivity index (χ1) is 9.97. The van der Waals surface area contributed by atoms with Gasteiger partial charge in [0.15, 0.2) is 0 Å². The topological polar surface area (TPSA) is 29.1 Å². The van der Waals surface area contributed by atoms with Crippen molar-refractivity contribution < 1.29 is 4.79 Å². The van der Waals surface area contributed by atoms with Crippen LogP contribution in [-0.2, 0) is 4.79 Å². The van der Waals surface area contributed by atoms with Gasteiger partial charge in [0.05, 0.1) is 5.25 Å². The van der Waals surface area contributed by atoms with Gasteiger partial charge in [-0.05, 0) is 51.0 Å². The smallest absolute Gasteiger partial charge is 0.237 e. The second-order valence-corrected chi connectivity index (χ2v) is 6.75. The van der Waals surface area contributed by atoms with E-state index in [0.717, 1.165) is 21.7 Å². The number of nitrogens with one attached hydrogen (secondary N) is 1. The van der Waals surface area contributed by atoms with Gasteiger partial charge in [0.1, 0.15) is 0 Å². The number of rotatable bonds is 4. The molecular formula is C18H21NOS. The van der Waals surface area contributed by atoms with Crippen LogP contribution in [0.2, 0.25) is 0 Å². The van der Waals surface area contributed by atoms with E-state index >= 15 is 0 Å². The Bertz CT molecular complexity index is 614. The molecule has 0 saturated carbocycles. The highest BCUT2D eigenvalue weighted by Gasteiger charge is 2.16.